The maximum Gasteiger partial charge on any atom is 0.157 e. The molecule has 100 valence electrons. The largest absolute Gasteiger partial charge is 0.235 e. The molecular weight excluding hydrogens is 270 g/mol. The summed E-state index contributed by atoms with van der Waals surface area (Å²) in [4.78, 5) is 4.40. The molecule has 1 aliphatic carbocycles. The van der Waals surface area contributed by atoms with Crippen LogP contribution in [-0.2, 0) is 6.42 Å². The average molecular weight is 284 g/mol. The third-order valence-corrected chi connectivity index (χ3v) is 4.21. The van der Waals surface area contributed by atoms with Crippen LogP contribution in [0.5, 0.6) is 0 Å². The highest BCUT2D eigenvalue weighted by Crippen LogP contribution is 2.50. The molecule has 3 nitrogen and oxygen atoms in total. The van der Waals surface area contributed by atoms with Gasteiger partial charge in [0.25, 0.3) is 0 Å². The Labute approximate surface area is 122 Å². The monoisotopic (exact) mass is 283 g/mol. The molecule has 1 aromatic carbocycles. The molecule has 2 aromatic heterocycles. The van der Waals surface area contributed by atoms with E-state index in [0.717, 1.165) is 12.1 Å². The van der Waals surface area contributed by atoms with Crippen LogP contribution in [0.25, 0.3) is 5.65 Å². The first-order valence-electron chi connectivity index (χ1n) is 6.85. The number of hydrogen-bond acceptors (Lipinski definition) is 2. The molecular formula is C16H14ClN3. The molecule has 2 heterocycles. The Kier molecular flexibility index (Phi) is 2.74. The van der Waals surface area contributed by atoms with Crippen molar-refractivity contribution in [3.63, 3.8) is 0 Å². The Morgan fingerprint density at radius 2 is 2.10 bits per heavy atom. The summed E-state index contributed by atoms with van der Waals surface area (Å²) < 4.78 is 1.77. The van der Waals surface area contributed by atoms with Crippen LogP contribution in [0.4, 0.5) is 0 Å². The Balaban J connectivity index is 1.61. The fourth-order valence-corrected chi connectivity index (χ4v) is 3.15. The van der Waals surface area contributed by atoms with Gasteiger partial charge in [0.1, 0.15) is 5.15 Å². The molecule has 1 saturated carbocycles. The van der Waals surface area contributed by atoms with E-state index in [1.54, 1.807) is 10.7 Å². The fraction of sp³-hybridized carbons (Fsp3) is 0.250. The van der Waals surface area contributed by atoms with Gasteiger partial charge in [-0.05, 0) is 36.3 Å². The minimum Gasteiger partial charge on any atom is -0.235 e. The fourth-order valence-electron chi connectivity index (χ4n) is 2.95. The van der Waals surface area contributed by atoms with E-state index in [4.69, 9.17) is 11.6 Å². The Hall–Kier alpha value is -1.87. The van der Waals surface area contributed by atoms with Crippen molar-refractivity contribution in [2.24, 2.45) is 5.92 Å². The van der Waals surface area contributed by atoms with Crippen molar-refractivity contribution in [1.29, 1.82) is 0 Å². The number of aromatic nitrogens is 3. The summed E-state index contributed by atoms with van der Waals surface area (Å²) in [5.41, 5.74) is 3.57. The highest BCUT2D eigenvalue weighted by molar-refractivity contribution is 6.29. The maximum absolute atomic E-state index is 6.10. The molecule has 0 unspecified atom stereocenters. The van der Waals surface area contributed by atoms with Crippen LogP contribution in [0.15, 0.2) is 48.8 Å². The van der Waals surface area contributed by atoms with Gasteiger partial charge in [-0.1, -0.05) is 41.9 Å². The molecule has 0 aliphatic heterocycles. The zero-order valence-corrected chi connectivity index (χ0v) is 11.7. The molecule has 0 bridgehead atoms. The Bertz CT molecular complexity index is 751. The van der Waals surface area contributed by atoms with Crippen LogP contribution in [0.2, 0.25) is 5.15 Å². The van der Waals surface area contributed by atoms with Crippen molar-refractivity contribution >= 4 is 17.2 Å². The molecule has 0 amide bonds. The van der Waals surface area contributed by atoms with Gasteiger partial charge in [-0.3, -0.25) is 0 Å². The van der Waals surface area contributed by atoms with E-state index in [1.165, 1.54) is 17.5 Å². The van der Waals surface area contributed by atoms with Crippen molar-refractivity contribution in [2.45, 2.75) is 18.8 Å². The predicted octanol–water partition coefficient (Wildman–Crippen LogP) is 3.73. The van der Waals surface area contributed by atoms with E-state index < -0.39 is 0 Å². The third-order valence-electron chi connectivity index (χ3n) is 4.02. The lowest BCUT2D eigenvalue weighted by atomic mass is 10.1. The Morgan fingerprint density at radius 1 is 1.25 bits per heavy atom. The predicted molar refractivity (Wildman–Crippen MR) is 79.0 cm³/mol. The second-order valence-electron chi connectivity index (χ2n) is 5.41. The molecule has 4 rings (SSSR count). The highest BCUT2D eigenvalue weighted by atomic mass is 35.5. The van der Waals surface area contributed by atoms with Gasteiger partial charge < -0.3 is 0 Å². The first kappa shape index (κ1) is 11.9. The van der Waals surface area contributed by atoms with Gasteiger partial charge in [0.2, 0.25) is 0 Å². The van der Waals surface area contributed by atoms with Crippen molar-refractivity contribution in [1.82, 2.24) is 14.6 Å². The van der Waals surface area contributed by atoms with Gasteiger partial charge in [-0.25, -0.2) is 9.50 Å². The van der Waals surface area contributed by atoms with Gasteiger partial charge in [0, 0.05) is 18.0 Å². The molecule has 2 atom stereocenters. The quantitative estimate of drug-likeness (QED) is 0.733. The molecule has 0 spiro atoms. The van der Waals surface area contributed by atoms with Gasteiger partial charge in [0.15, 0.2) is 5.65 Å². The minimum atomic E-state index is 0.538. The molecule has 4 heteroatoms. The number of benzene rings is 1. The summed E-state index contributed by atoms with van der Waals surface area (Å²) in [5, 5.41) is 4.77. The SMILES string of the molecule is Clc1cc([C@H]2C[C@@H]2Cc2ccccc2)c2nccn2n1. The lowest BCUT2D eigenvalue weighted by Crippen LogP contribution is -1.97. The maximum atomic E-state index is 6.10. The second kappa shape index (κ2) is 4.60. The van der Waals surface area contributed by atoms with Crippen LogP contribution >= 0.6 is 11.6 Å². The van der Waals surface area contributed by atoms with E-state index in [0.29, 0.717) is 17.0 Å². The number of fused-ring (bicyclic) bond motifs is 1. The van der Waals surface area contributed by atoms with Crippen LogP contribution in [0.1, 0.15) is 23.5 Å². The van der Waals surface area contributed by atoms with E-state index >= 15 is 0 Å². The van der Waals surface area contributed by atoms with Crippen LogP contribution in [0.3, 0.4) is 0 Å². The van der Waals surface area contributed by atoms with E-state index in [9.17, 15) is 0 Å². The molecule has 1 fully saturated rings. The summed E-state index contributed by atoms with van der Waals surface area (Å²) in [6.07, 6.45) is 5.95. The summed E-state index contributed by atoms with van der Waals surface area (Å²) in [6.45, 7) is 0. The minimum absolute atomic E-state index is 0.538. The van der Waals surface area contributed by atoms with Crippen molar-refractivity contribution in [3.05, 3.63) is 65.1 Å². The van der Waals surface area contributed by atoms with Gasteiger partial charge in [0.05, 0.1) is 0 Å². The van der Waals surface area contributed by atoms with Crippen LogP contribution in [-0.4, -0.2) is 14.6 Å². The smallest absolute Gasteiger partial charge is 0.157 e. The molecule has 0 radical (unpaired) electrons. The van der Waals surface area contributed by atoms with Crippen molar-refractivity contribution in [3.8, 4) is 0 Å². The van der Waals surface area contributed by atoms with E-state index in [2.05, 4.69) is 40.4 Å². The van der Waals surface area contributed by atoms with E-state index in [1.807, 2.05) is 12.3 Å². The molecule has 0 saturated heterocycles. The zero-order chi connectivity index (χ0) is 13.5. The number of halogens is 1. The lowest BCUT2D eigenvalue weighted by Gasteiger charge is -2.04. The van der Waals surface area contributed by atoms with Crippen LogP contribution in [0, 0.1) is 5.92 Å². The number of hydrogen-bond donors (Lipinski definition) is 0. The summed E-state index contributed by atoms with van der Waals surface area (Å²) in [6, 6.07) is 12.6. The van der Waals surface area contributed by atoms with Gasteiger partial charge >= 0.3 is 0 Å². The first-order valence-corrected chi connectivity index (χ1v) is 7.23. The van der Waals surface area contributed by atoms with Gasteiger partial charge in [-0.15, -0.1) is 0 Å². The molecule has 20 heavy (non-hydrogen) atoms. The van der Waals surface area contributed by atoms with E-state index in [-0.39, 0.29) is 0 Å². The Morgan fingerprint density at radius 3 is 2.95 bits per heavy atom. The van der Waals surface area contributed by atoms with Crippen molar-refractivity contribution < 1.29 is 0 Å². The number of rotatable bonds is 3. The second-order valence-corrected chi connectivity index (χ2v) is 5.80. The average Bonchev–Trinajstić information content (AvgIpc) is 3.05. The summed E-state index contributed by atoms with van der Waals surface area (Å²) >= 11 is 6.10. The third kappa shape index (κ3) is 2.08. The van der Waals surface area contributed by atoms with Crippen molar-refractivity contribution in [2.75, 3.05) is 0 Å². The summed E-state index contributed by atoms with van der Waals surface area (Å²) in [5.74, 6) is 1.25. The molecule has 3 aromatic rings. The molecule has 0 N–H and O–H groups in total. The lowest BCUT2D eigenvalue weighted by molar-refractivity contribution is 0.790. The van der Waals surface area contributed by atoms with Crippen LogP contribution < -0.4 is 0 Å². The standard InChI is InChI=1S/C16H14ClN3/c17-15-10-14(16-18-6-7-20(16)19-15)13-9-12(13)8-11-4-2-1-3-5-11/h1-7,10,12-13H,8-9H2/t12-,13-/m0/s1. The highest BCUT2D eigenvalue weighted by Gasteiger charge is 2.39. The molecule has 1 aliphatic rings. The van der Waals surface area contributed by atoms with Gasteiger partial charge in [-0.2, -0.15) is 5.10 Å². The normalized spacial score (nSPS) is 21.2. The first-order chi connectivity index (χ1) is 9.81. The summed E-state index contributed by atoms with van der Waals surface area (Å²) in [7, 11) is 0. The number of nitrogens with zero attached hydrogens (tertiary/aromatic N) is 3. The zero-order valence-electron chi connectivity index (χ0n) is 10.9. The topological polar surface area (TPSA) is 30.2 Å². The number of imidazole rings is 1.